The zero-order valence-electron chi connectivity index (χ0n) is 35.8. The number of alkyl halides is 6. The Labute approximate surface area is 390 Å². The van der Waals surface area contributed by atoms with Crippen molar-refractivity contribution in [3.63, 3.8) is 0 Å². The van der Waals surface area contributed by atoms with Crippen molar-refractivity contribution in [2.75, 3.05) is 0 Å². The third-order valence-corrected chi connectivity index (χ3v) is 11.9. The molecule has 10 aromatic rings. The molecule has 8 aromatic carbocycles. The lowest BCUT2D eigenvalue weighted by atomic mass is 9.90. The summed E-state index contributed by atoms with van der Waals surface area (Å²) in [4.78, 5) is 9.92. The smallest absolute Gasteiger partial charge is 0.308 e. The Balaban J connectivity index is 1.35. The number of fused-ring (bicyclic) bond motifs is 3. The van der Waals surface area contributed by atoms with Crippen molar-refractivity contribution >= 4 is 21.8 Å². The lowest BCUT2D eigenvalue weighted by molar-refractivity contribution is -0.138. The number of rotatable bonds is 7. The summed E-state index contributed by atoms with van der Waals surface area (Å²) >= 11 is 0. The maximum atomic E-state index is 14.7. The minimum atomic E-state index is -4.75. The molecule has 0 radical (unpaired) electrons. The number of nitrogens with zero attached hydrogens (tertiary/aromatic N) is 6. The molecule has 0 unspecified atom stereocenters. The van der Waals surface area contributed by atoms with Crippen LogP contribution >= 0.6 is 0 Å². The number of nitriles is 3. The van der Waals surface area contributed by atoms with Gasteiger partial charge in [-0.05, 0) is 89.5 Å². The predicted molar refractivity (Wildman–Crippen MR) is 253 cm³/mol. The Bertz CT molecular complexity index is 3630. The van der Waals surface area contributed by atoms with E-state index in [2.05, 4.69) is 12.1 Å². The molecule has 0 aliphatic rings. The lowest BCUT2D eigenvalue weighted by Gasteiger charge is -2.22. The molecular weight excluding hydrogens is 883 g/mol. The molecule has 6 nitrogen and oxygen atoms in total. The molecule has 0 fully saturated rings. The van der Waals surface area contributed by atoms with Gasteiger partial charge in [0.1, 0.15) is 0 Å². The van der Waals surface area contributed by atoms with Gasteiger partial charge in [-0.1, -0.05) is 109 Å². The second kappa shape index (κ2) is 17.2. The van der Waals surface area contributed by atoms with Gasteiger partial charge in [0.2, 0.25) is 0 Å². The molecule has 0 saturated heterocycles. The second-order valence-corrected chi connectivity index (χ2v) is 16.1. The first-order valence-corrected chi connectivity index (χ1v) is 21.3. The van der Waals surface area contributed by atoms with Crippen LogP contribution in [0.5, 0.6) is 0 Å². The van der Waals surface area contributed by atoms with Crippen LogP contribution in [0.3, 0.4) is 0 Å². The van der Waals surface area contributed by atoms with E-state index in [-0.39, 0.29) is 44.6 Å². The van der Waals surface area contributed by atoms with Gasteiger partial charge in [-0.15, -0.1) is 0 Å². The fourth-order valence-electron chi connectivity index (χ4n) is 8.82. The first kappa shape index (κ1) is 43.6. The minimum absolute atomic E-state index is 0.0958. The zero-order chi connectivity index (χ0) is 48.0. The Hall–Kier alpha value is -9.31. The van der Waals surface area contributed by atoms with Crippen molar-refractivity contribution in [1.82, 2.24) is 14.5 Å². The van der Waals surface area contributed by atoms with Crippen LogP contribution in [0.2, 0.25) is 0 Å². The normalized spacial score (nSPS) is 11.6. The van der Waals surface area contributed by atoms with Gasteiger partial charge in [-0.2, -0.15) is 42.1 Å². The highest BCUT2D eigenvalue weighted by Crippen LogP contribution is 2.47. The van der Waals surface area contributed by atoms with Gasteiger partial charge >= 0.3 is 12.4 Å². The summed E-state index contributed by atoms with van der Waals surface area (Å²) in [6, 6.07) is 54.8. The van der Waals surface area contributed by atoms with Crippen molar-refractivity contribution in [2.45, 2.75) is 12.4 Å². The molecule has 12 heteroatoms. The largest absolute Gasteiger partial charge is 0.416 e. The molecule has 0 saturated carbocycles. The molecule has 69 heavy (non-hydrogen) atoms. The van der Waals surface area contributed by atoms with Crippen LogP contribution in [-0.4, -0.2) is 14.5 Å². The van der Waals surface area contributed by atoms with Crippen molar-refractivity contribution in [3.05, 3.63) is 210 Å². The van der Waals surface area contributed by atoms with Crippen LogP contribution in [0.15, 0.2) is 182 Å². The van der Waals surface area contributed by atoms with E-state index >= 15 is 0 Å². The van der Waals surface area contributed by atoms with Crippen LogP contribution in [0.1, 0.15) is 27.8 Å². The molecule has 0 bridgehead atoms. The van der Waals surface area contributed by atoms with Gasteiger partial charge in [-0.25, -0.2) is 9.97 Å². The SMILES string of the molecule is N#Cc1cc(C#N)c(-c2ccc3c(c2)c2ccccc2n3-c2c(-c3cccc(C(F)(F)F)c3)cc(-c3cc(-c4ccccc4)nc(-c4ccccc4)n3)cc2-c2cccc(C(F)(F)F)c2)c(C#N)c1. The van der Waals surface area contributed by atoms with E-state index in [0.29, 0.717) is 61.3 Å². The number of halogens is 6. The number of benzene rings is 8. The summed E-state index contributed by atoms with van der Waals surface area (Å²) in [5, 5.41) is 31.3. The Morgan fingerprint density at radius 1 is 0.406 bits per heavy atom. The van der Waals surface area contributed by atoms with E-state index in [1.165, 1.54) is 36.4 Å². The second-order valence-electron chi connectivity index (χ2n) is 16.1. The van der Waals surface area contributed by atoms with Crippen LogP contribution < -0.4 is 0 Å². The van der Waals surface area contributed by atoms with E-state index in [0.717, 1.165) is 29.8 Å². The topological polar surface area (TPSA) is 102 Å². The summed E-state index contributed by atoms with van der Waals surface area (Å²) in [6.45, 7) is 0. The van der Waals surface area contributed by atoms with Crippen molar-refractivity contribution < 1.29 is 26.3 Å². The van der Waals surface area contributed by atoms with Crippen LogP contribution in [-0.2, 0) is 12.4 Å². The molecular formula is C57H30F6N6. The highest BCUT2D eigenvalue weighted by atomic mass is 19.4. The average Bonchev–Trinajstić information content (AvgIpc) is 3.71. The highest BCUT2D eigenvalue weighted by molar-refractivity contribution is 6.12. The molecule has 10 rings (SSSR count). The summed E-state index contributed by atoms with van der Waals surface area (Å²) in [7, 11) is 0. The molecule has 0 atom stereocenters. The van der Waals surface area contributed by atoms with Gasteiger partial charge < -0.3 is 4.57 Å². The van der Waals surface area contributed by atoms with E-state index in [4.69, 9.17) is 9.97 Å². The first-order chi connectivity index (χ1) is 33.3. The van der Waals surface area contributed by atoms with E-state index in [1.54, 1.807) is 54.6 Å². The number of hydrogen-bond donors (Lipinski definition) is 0. The average molecular weight is 913 g/mol. The maximum absolute atomic E-state index is 14.7. The van der Waals surface area contributed by atoms with E-state index < -0.39 is 23.5 Å². The minimum Gasteiger partial charge on any atom is -0.308 e. The monoisotopic (exact) mass is 912 g/mol. The fourth-order valence-corrected chi connectivity index (χ4v) is 8.82. The van der Waals surface area contributed by atoms with Gasteiger partial charge in [0, 0.05) is 44.2 Å². The predicted octanol–water partition coefficient (Wildman–Crippen LogP) is 15.2. The molecule has 0 aliphatic heterocycles. The third kappa shape index (κ3) is 8.09. The van der Waals surface area contributed by atoms with Crippen LogP contribution in [0.25, 0.3) is 94.8 Å². The summed E-state index contributed by atoms with van der Waals surface area (Å²) < 4.78 is 89.9. The van der Waals surface area contributed by atoms with Gasteiger partial charge in [0.25, 0.3) is 0 Å². The molecule has 330 valence electrons. The molecule has 0 spiro atoms. The van der Waals surface area contributed by atoms with Gasteiger partial charge in [0.05, 0.1) is 74.1 Å². The fraction of sp³-hybridized carbons (Fsp3) is 0.0351. The zero-order valence-corrected chi connectivity index (χ0v) is 35.8. The van der Waals surface area contributed by atoms with Crippen LogP contribution in [0.4, 0.5) is 26.3 Å². The quantitative estimate of drug-likeness (QED) is 0.148. The molecule has 0 amide bonds. The van der Waals surface area contributed by atoms with Crippen molar-refractivity contribution in [1.29, 1.82) is 15.8 Å². The van der Waals surface area contributed by atoms with E-state index in [1.807, 2.05) is 77.4 Å². The number of hydrogen-bond acceptors (Lipinski definition) is 5. The summed E-state index contributed by atoms with van der Waals surface area (Å²) in [5.74, 6) is 0.344. The maximum Gasteiger partial charge on any atom is 0.416 e. The van der Waals surface area contributed by atoms with Gasteiger partial charge in [0.15, 0.2) is 5.82 Å². The molecule has 0 aliphatic carbocycles. The number of para-hydroxylation sites is 1. The van der Waals surface area contributed by atoms with Crippen molar-refractivity contribution in [2.24, 2.45) is 0 Å². The first-order valence-electron chi connectivity index (χ1n) is 21.3. The Morgan fingerprint density at radius 3 is 1.46 bits per heavy atom. The van der Waals surface area contributed by atoms with E-state index in [9.17, 15) is 42.1 Å². The third-order valence-electron chi connectivity index (χ3n) is 11.9. The van der Waals surface area contributed by atoms with Gasteiger partial charge in [-0.3, -0.25) is 0 Å². The summed E-state index contributed by atoms with van der Waals surface area (Å²) in [5.41, 5.74) is 3.97. The standard InChI is InChI=1S/C57H30F6N6/c58-56(59,60)43-17-9-15-37(25-43)46-28-40(50-30-49(35-11-3-1-4-12-35)67-55(68-50)36-13-5-2-6-14-36)29-47(38-16-10-18-44(26-38)57(61,62)63)54(46)69-51-20-8-7-19-45(51)48-27-39(21-22-52(48)69)53-41(32-65)23-34(31-64)24-42(53)33-66/h1-30H. The molecule has 2 heterocycles. The number of aromatic nitrogens is 3. The molecule has 2 aromatic heterocycles. The Kier molecular flexibility index (Phi) is 10.8. The highest BCUT2D eigenvalue weighted by Gasteiger charge is 2.33. The lowest BCUT2D eigenvalue weighted by Crippen LogP contribution is -2.07. The molecule has 0 N–H and O–H groups in total. The van der Waals surface area contributed by atoms with Crippen LogP contribution in [0, 0.1) is 34.0 Å². The van der Waals surface area contributed by atoms with Crippen molar-refractivity contribution in [3.8, 4) is 91.2 Å². The summed E-state index contributed by atoms with van der Waals surface area (Å²) in [6.07, 6.45) is -9.50. The Morgan fingerprint density at radius 2 is 0.913 bits per heavy atom.